The molecule has 1 aliphatic carbocycles. The maximum atomic E-state index is 13.5. The second-order valence-electron chi connectivity index (χ2n) is 8.13. The van der Waals surface area contributed by atoms with Crippen LogP contribution in [0.4, 0.5) is 0 Å². The van der Waals surface area contributed by atoms with Crippen molar-refractivity contribution in [3.8, 4) is 0 Å². The van der Waals surface area contributed by atoms with Crippen LogP contribution in [-0.4, -0.2) is 22.7 Å². The van der Waals surface area contributed by atoms with Crippen LogP contribution < -0.4 is 5.43 Å². The summed E-state index contributed by atoms with van der Waals surface area (Å²) in [7, 11) is 0. The van der Waals surface area contributed by atoms with E-state index in [0.717, 1.165) is 16.1 Å². The SMILES string of the molecule is O=C(NN1C(=O)[C@@H]2[C@H](C1=O)[C@H](c1ccccc1)C=C[C@H]2c1ccccc1)c1ccccc1. The Morgan fingerprint density at radius 1 is 0.625 bits per heavy atom. The number of imide groups is 1. The molecule has 0 saturated carbocycles. The number of benzene rings is 3. The van der Waals surface area contributed by atoms with Crippen molar-refractivity contribution in [1.82, 2.24) is 10.4 Å². The first-order valence-electron chi connectivity index (χ1n) is 10.7. The van der Waals surface area contributed by atoms with E-state index >= 15 is 0 Å². The minimum Gasteiger partial charge on any atom is -0.272 e. The zero-order valence-corrected chi connectivity index (χ0v) is 17.3. The van der Waals surface area contributed by atoms with Gasteiger partial charge >= 0.3 is 0 Å². The molecule has 0 bridgehead atoms. The van der Waals surface area contributed by atoms with E-state index < -0.39 is 17.7 Å². The van der Waals surface area contributed by atoms with Crippen molar-refractivity contribution >= 4 is 17.7 Å². The van der Waals surface area contributed by atoms with Gasteiger partial charge in [-0.15, -0.1) is 0 Å². The molecule has 1 N–H and O–H groups in total. The van der Waals surface area contributed by atoms with Crippen LogP contribution in [0.25, 0.3) is 0 Å². The topological polar surface area (TPSA) is 66.5 Å². The Balaban J connectivity index is 1.53. The molecular weight excluding hydrogens is 400 g/mol. The fraction of sp³-hybridized carbons (Fsp3) is 0.148. The minimum atomic E-state index is -0.587. The summed E-state index contributed by atoms with van der Waals surface area (Å²) in [5.74, 6) is -2.88. The second kappa shape index (κ2) is 8.27. The number of nitrogens with zero attached hydrogens (tertiary/aromatic N) is 1. The lowest BCUT2D eigenvalue weighted by Crippen LogP contribution is -2.46. The Labute approximate surface area is 186 Å². The van der Waals surface area contributed by atoms with Gasteiger partial charge in [0.15, 0.2) is 0 Å². The quantitative estimate of drug-likeness (QED) is 0.509. The average Bonchev–Trinajstić information content (AvgIpc) is 3.10. The summed E-state index contributed by atoms with van der Waals surface area (Å²) in [6.07, 6.45) is 4.06. The molecule has 0 aromatic heterocycles. The van der Waals surface area contributed by atoms with Gasteiger partial charge in [-0.2, -0.15) is 5.01 Å². The van der Waals surface area contributed by atoms with Crippen molar-refractivity contribution in [2.45, 2.75) is 11.8 Å². The number of amides is 3. The molecule has 0 spiro atoms. The Morgan fingerprint density at radius 2 is 1.03 bits per heavy atom. The Bertz CT molecular complexity index is 1110. The van der Waals surface area contributed by atoms with Gasteiger partial charge in [0, 0.05) is 17.4 Å². The number of carbonyl (C=O) groups is 3. The van der Waals surface area contributed by atoms with Gasteiger partial charge in [-0.3, -0.25) is 19.8 Å². The number of nitrogens with one attached hydrogen (secondary N) is 1. The minimum absolute atomic E-state index is 0.240. The van der Waals surface area contributed by atoms with Crippen molar-refractivity contribution in [3.63, 3.8) is 0 Å². The van der Waals surface area contributed by atoms with E-state index in [1.54, 1.807) is 30.3 Å². The molecule has 32 heavy (non-hydrogen) atoms. The molecule has 158 valence electrons. The van der Waals surface area contributed by atoms with Gasteiger partial charge in [0.2, 0.25) is 0 Å². The van der Waals surface area contributed by atoms with Gasteiger partial charge in [-0.05, 0) is 23.3 Å². The van der Waals surface area contributed by atoms with Crippen molar-refractivity contribution in [3.05, 3.63) is 120 Å². The maximum Gasteiger partial charge on any atom is 0.270 e. The third-order valence-corrected chi connectivity index (χ3v) is 6.32. The highest BCUT2D eigenvalue weighted by atomic mass is 16.2. The fourth-order valence-corrected chi connectivity index (χ4v) is 4.80. The van der Waals surface area contributed by atoms with Crippen LogP contribution in [0.5, 0.6) is 0 Å². The molecule has 3 aromatic carbocycles. The van der Waals surface area contributed by atoms with Crippen molar-refractivity contribution in [2.24, 2.45) is 11.8 Å². The Morgan fingerprint density at radius 3 is 1.47 bits per heavy atom. The third kappa shape index (κ3) is 3.42. The van der Waals surface area contributed by atoms with E-state index in [-0.39, 0.29) is 23.7 Å². The lowest BCUT2D eigenvalue weighted by Gasteiger charge is -2.32. The molecule has 3 aromatic rings. The summed E-state index contributed by atoms with van der Waals surface area (Å²) < 4.78 is 0. The predicted molar refractivity (Wildman–Crippen MR) is 120 cm³/mol. The molecule has 1 aliphatic heterocycles. The highest BCUT2D eigenvalue weighted by molar-refractivity contribution is 6.09. The van der Waals surface area contributed by atoms with E-state index in [9.17, 15) is 14.4 Å². The van der Waals surface area contributed by atoms with Crippen molar-refractivity contribution in [2.75, 3.05) is 0 Å². The number of allylic oxidation sites excluding steroid dienone is 2. The van der Waals surface area contributed by atoms with E-state index in [1.165, 1.54) is 0 Å². The molecule has 2 aliphatic rings. The van der Waals surface area contributed by atoms with Crippen LogP contribution in [-0.2, 0) is 9.59 Å². The number of rotatable bonds is 4. The molecule has 1 heterocycles. The highest BCUT2D eigenvalue weighted by Gasteiger charge is 2.55. The summed E-state index contributed by atoms with van der Waals surface area (Å²) in [6.45, 7) is 0. The summed E-state index contributed by atoms with van der Waals surface area (Å²) in [5.41, 5.74) is 4.90. The first-order chi connectivity index (χ1) is 15.6. The lowest BCUT2D eigenvalue weighted by molar-refractivity contribution is -0.142. The van der Waals surface area contributed by atoms with Crippen molar-refractivity contribution < 1.29 is 14.4 Å². The molecular formula is C27H22N2O3. The normalized spacial score (nSPS) is 24.3. The zero-order chi connectivity index (χ0) is 22.1. The van der Waals surface area contributed by atoms with Crippen LogP contribution in [0.3, 0.4) is 0 Å². The van der Waals surface area contributed by atoms with Crippen LogP contribution in [0.2, 0.25) is 0 Å². The van der Waals surface area contributed by atoms with E-state index in [4.69, 9.17) is 0 Å². The van der Waals surface area contributed by atoms with Crippen LogP contribution in [0, 0.1) is 11.8 Å². The van der Waals surface area contributed by atoms with E-state index in [1.807, 2.05) is 72.8 Å². The second-order valence-corrected chi connectivity index (χ2v) is 8.13. The molecule has 4 atom stereocenters. The smallest absolute Gasteiger partial charge is 0.270 e. The summed E-state index contributed by atoms with van der Waals surface area (Å²) in [4.78, 5) is 39.8. The molecule has 1 saturated heterocycles. The van der Waals surface area contributed by atoms with Gasteiger partial charge in [0.1, 0.15) is 0 Å². The average molecular weight is 422 g/mol. The van der Waals surface area contributed by atoms with Crippen molar-refractivity contribution in [1.29, 1.82) is 0 Å². The van der Waals surface area contributed by atoms with Crippen LogP contribution >= 0.6 is 0 Å². The molecule has 5 rings (SSSR count). The van der Waals surface area contributed by atoms with Crippen LogP contribution in [0.15, 0.2) is 103 Å². The number of fused-ring (bicyclic) bond motifs is 1. The largest absolute Gasteiger partial charge is 0.272 e. The summed E-state index contributed by atoms with van der Waals surface area (Å²) >= 11 is 0. The Hall–Kier alpha value is -3.99. The number of hydrogen-bond acceptors (Lipinski definition) is 3. The number of hydrogen-bond donors (Lipinski definition) is 1. The predicted octanol–water partition coefficient (Wildman–Crippen LogP) is 4.07. The number of hydrazine groups is 1. The fourth-order valence-electron chi connectivity index (χ4n) is 4.80. The van der Waals surface area contributed by atoms with E-state index in [0.29, 0.717) is 5.56 Å². The van der Waals surface area contributed by atoms with E-state index in [2.05, 4.69) is 5.43 Å². The molecule has 3 amide bonds. The van der Waals surface area contributed by atoms with Gasteiger partial charge < -0.3 is 0 Å². The molecule has 1 fully saturated rings. The molecule has 0 radical (unpaired) electrons. The lowest BCUT2D eigenvalue weighted by atomic mass is 9.68. The van der Waals surface area contributed by atoms with Gasteiger partial charge in [0.05, 0.1) is 11.8 Å². The third-order valence-electron chi connectivity index (χ3n) is 6.32. The number of carbonyl (C=O) groups excluding carboxylic acids is 3. The highest BCUT2D eigenvalue weighted by Crippen LogP contribution is 2.48. The molecule has 0 unspecified atom stereocenters. The summed E-state index contributed by atoms with van der Waals surface area (Å²) in [6, 6.07) is 28.0. The standard InChI is InChI=1S/C27H22N2O3/c30-25(20-14-8-3-9-15-20)28-29-26(31)23-21(18-10-4-1-5-11-18)16-17-22(24(23)27(29)32)19-12-6-2-7-13-19/h1-17,21-24H,(H,28,30)/t21-,22-,23-,24+/m0/s1. The van der Waals surface area contributed by atoms with Gasteiger partial charge in [-0.25, -0.2) is 0 Å². The molecule has 5 nitrogen and oxygen atoms in total. The van der Waals surface area contributed by atoms with Gasteiger partial charge in [0.25, 0.3) is 17.7 Å². The summed E-state index contributed by atoms with van der Waals surface area (Å²) in [5, 5.41) is 0.934. The van der Waals surface area contributed by atoms with Gasteiger partial charge in [-0.1, -0.05) is 91.0 Å². The first kappa shape index (κ1) is 19.9. The molecule has 5 heteroatoms. The first-order valence-corrected chi connectivity index (χ1v) is 10.7. The maximum absolute atomic E-state index is 13.5. The Kier molecular flexibility index (Phi) is 5.15. The monoisotopic (exact) mass is 422 g/mol. The van der Waals surface area contributed by atoms with Crippen LogP contribution in [0.1, 0.15) is 33.3 Å². The zero-order valence-electron chi connectivity index (χ0n) is 17.3.